The summed E-state index contributed by atoms with van der Waals surface area (Å²) in [6, 6.07) is 0.931. The minimum Gasteiger partial charge on any atom is -0.326 e. The third-order valence-corrected chi connectivity index (χ3v) is 2.60. The van der Waals surface area contributed by atoms with E-state index in [1.165, 1.54) is 0 Å². The minimum absolute atomic E-state index is 0.372. The van der Waals surface area contributed by atoms with Gasteiger partial charge in [-0.25, -0.2) is 0 Å². The predicted molar refractivity (Wildman–Crippen MR) is 51.7 cm³/mol. The van der Waals surface area contributed by atoms with E-state index in [0.717, 1.165) is 32.4 Å². The van der Waals surface area contributed by atoms with Gasteiger partial charge in [0.05, 0.1) is 0 Å². The lowest BCUT2D eigenvalue weighted by Crippen LogP contribution is -2.34. The third kappa shape index (κ3) is 2.23. The van der Waals surface area contributed by atoms with Crippen LogP contribution >= 0.6 is 0 Å². The maximum absolute atomic E-state index is 5.82. The molecule has 0 aliphatic carbocycles. The molecule has 2 heteroatoms. The van der Waals surface area contributed by atoms with Gasteiger partial charge in [-0.05, 0) is 12.8 Å². The minimum atomic E-state index is 0.372. The first-order valence-electron chi connectivity index (χ1n) is 4.71. The SMILES string of the molecule is C#CCC(CC)N1CCC(N)C1. The summed E-state index contributed by atoms with van der Waals surface area (Å²) in [4.78, 5) is 2.42. The van der Waals surface area contributed by atoms with Gasteiger partial charge >= 0.3 is 0 Å². The fourth-order valence-corrected chi connectivity index (χ4v) is 1.81. The topological polar surface area (TPSA) is 29.3 Å². The van der Waals surface area contributed by atoms with Crippen molar-refractivity contribution in [2.75, 3.05) is 13.1 Å². The summed E-state index contributed by atoms with van der Waals surface area (Å²) in [5.74, 6) is 2.73. The van der Waals surface area contributed by atoms with Gasteiger partial charge in [0.15, 0.2) is 0 Å². The van der Waals surface area contributed by atoms with Crippen molar-refractivity contribution in [2.24, 2.45) is 5.73 Å². The van der Waals surface area contributed by atoms with E-state index in [9.17, 15) is 0 Å². The standard InChI is InChI=1S/C10H18N2/c1-3-5-10(4-2)12-7-6-9(11)8-12/h1,9-10H,4-8,11H2,2H3. The van der Waals surface area contributed by atoms with Crippen LogP contribution < -0.4 is 5.73 Å². The number of hydrogen-bond donors (Lipinski definition) is 1. The van der Waals surface area contributed by atoms with Gasteiger partial charge in [-0.2, -0.15) is 0 Å². The highest BCUT2D eigenvalue weighted by atomic mass is 15.2. The molecule has 1 saturated heterocycles. The number of nitrogens with two attached hydrogens (primary N) is 1. The molecule has 0 aromatic carbocycles. The molecule has 1 heterocycles. The molecule has 0 radical (unpaired) electrons. The largest absolute Gasteiger partial charge is 0.326 e. The van der Waals surface area contributed by atoms with Crippen LogP contribution in [0.15, 0.2) is 0 Å². The van der Waals surface area contributed by atoms with Crippen LogP contribution in [0, 0.1) is 12.3 Å². The average Bonchev–Trinajstić information content (AvgIpc) is 2.47. The van der Waals surface area contributed by atoms with E-state index in [2.05, 4.69) is 17.7 Å². The molecule has 0 saturated carbocycles. The first-order valence-corrected chi connectivity index (χ1v) is 4.71. The number of terminal acetylenes is 1. The lowest BCUT2D eigenvalue weighted by atomic mass is 10.1. The zero-order valence-electron chi connectivity index (χ0n) is 7.79. The average molecular weight is 166 g/mol. The molecular formula is C10H18N2. The highest BCUT2D eigenvalue weighted by molar-refractivity contribution is 4.92. The summed E-state index contributed by atoms with van der Waals surface area (Å²) >= 11 is 0. The Balaban J connectivity index is 2.39. The van der Waals surface area contributed by atoms with Gasteiger partial charge in [-0.15, -0.1) is 12.3 Å². The van der Waals surface area contributed by atoms with Crippen molar-refractivity contribution in [3.05, 3.63) is 0 Å². The molecule has 1 rings (SSSR count). The smallest absolute Gasteiger partial charge is 0.0242 e. The zero-order chi connectivity index (χ0) is 8.97. The Morgan fingerprint density at radius 3 is 2.92 bits per heavy atom. The van der Waals surface area contributed by atoms with Crippen molar-refractivity contribution in [1.82, 2.24) is 4.90 Å². The summed E-state index contributed by atoms with van der Waals surface area (Å²) in [6.07, 6.45) is 8.43. The number of nitrogens with zero attached hydrogens (tertiary/aromatic N) is 1. The molecule has 0 bridgehead atoms. The van der Waals surface area contributed by atoms with Crippen molar-refractivity contribution < 1.29 is 0 Å². The molecule has 2 nitrogen and oxygen atoms in total. The maximum atomic E-state index is 5.82. The van der Waals surface area contributed by atoms with Crippen LogP contribution in [0.2, 0.25) is 0 Å². The van der Waals surface area contributed by atoms with Gasteiger partial charge in [-0.3, -0.25) is 4.90 Å². The molecule has 0 amide bonds. The highest BCUT2D eigenvalue weighted by Crippen LogP contribution is 2.15. The molecule has 2 N–H and O–H groups in total. The number of rotatable bonds is 3. The van der Waals surface area contributed by atoms with Gasteiger partial charge in [0, 0.05) is 31.6 Å². The molecule has 0 aromatic rings. The van der Waals surface area contributed by atoms with E-state index in [1.54, 1.807) is 0 Å². The van der Waals surface area contributed by atoms with E-state index in [4.69, 9.17) is 12.2 Å². The molecule has 1 aliphatic heterocycles. The van der Waals surface area contributed by atoms with Crippen LogP contribution in [-0.4, -0.2) is 30.1 Å². The van der Waals surface area contributed by atoms with Gasteiger partial charge in [-0.1, -0.05) is 6.92 Å². The molecule has 12 heavy (non-hydrogen) atoms. The third-order valence-electron chi connectivity index (χ3n) is 2.60. The first-order chi connectivity index (χ1) is 5.77. The lowest BCUT2D eigenvalue weighted by Gasteiger charge is -2.24. The Morgan fingerprint density at radius 2 is 2.50 bits per heavy atom. The van der Waals surface area contributed by atoms with Crippen LogP contribution in [0.3, 0.4) is 0 Å². The number of hydrogen-bond acceptors (Lipinski definition) is 2. The van der Waals surface area contributed by atoms with Crippen LogP contribution in [-0.2, 0) is 0 Å². The van der Waals surface area contributed by atoms with Crippen molar-refractivity contribution in [1.29, 1.82) is 0 Å². The molecule has 0 spiro atoms. The maximum Gasteiger partial charge on any atom is 0.0242 e. The second-order valence-electron chi connectivity index (χ2n) is 3.51. The molecule has 1 aliphatic rings. The van der Waals surface area contributed by atoms with Gasteiger partial charge in [0.25, 0.3) is 0 Å². The van der Waals surface area contributed by atoms with Crippen molar-refractivity contribution >= 4 is 0 Å². The Bertz CT molecular complexity index is 171. The monoisotopic (exact) mass is 166 g/mol. The highest BCUT2D eigenvalue weighted by Gasteiger charge is 2.24. The Morgan fingerprint density at radius 1 is 1.75 bits per heavy atom. The zero-order valence-corrected chi connectivity index (χ0v) is 7.79. The quantitative estimate of drug-likeness (QED) is 0.629. The van der Waals surface area contributed by atoms with Crippen LogP contribution in [0.1, 0.15) is 26.2 Å². The molecule has 2 unspecified atom stereocenters. The molecule has 2 atom stereocenters. The summed E-state index contributed by atoms with van der Waals surface area (Å²) in [5.41, 5.74) is 5.82. The van der Waals surface area contributed by atoms with Crippen molar-refractivity contribution in [3.63, 3.8) is 0 Å². The van der Waals surface area contributed by atoms with Crippen molar-refractivity contribution in [3.8, 4) is 12.3 Å². The Labute approximate surface area is 75.1 Å². The van der Waals surface area contributed by atoms with Gasteiger partial charge in [0.2, 0.25) is 0 Å². The predicted octanol–water partition coefficient (Wildman–Crippen LogP) is 0.821. The fraction of sp³-hybridized carbons (Fsp3) is 0.800. The molecule has 0 aromatic heterocycles. The van der Waals surface area contributed by atoms with E-state index in [0.29, 0.717) is 12.1 Å². The summed E-state index contributed by atoms with van der Waals surface area (Å²) in [5, 5.41) is 0. The van der Waals surface area contributed by atoms with Crippen LogP contribution in [0.25, 0.3) is 0 Å². The van der Waals surface area contributed by atoms with E-state index >= 15 is 0 Å². The normalized spacial score (nSPS) is 26.9. The second kappa shape index (κ2) is 4.49. The molecule has 68 valence electrons. The first kappa shape index (κ1) is 9.57. The fourth-order valence-electron chi connectivity index (χ4n) is 1.81. The Hall–Kier alpha value is -0.520. The Kier molecular flexibility index (Phi) is 3.58. The summed E-state index contributed by atoms with van der Waals surface area (Å²) < 4.78 is 0. The van der Waals surface area contributed by atoms with Gasteiger partial charge < -0.3 is 5.73 Å². The van der Waals surface area contributed by atoms with Crippen molar-refractivity contribution in [2.45, 2.75) is 38.3 Å². The molecule has 1 fully saturated rings. The van der Waals surface area contributed by atoms with Crippen LogP contribution in [0.5, 0.6) is 0 Å². The second-order valence-corrected chi connectivity index (χ2v) is 3.51. The summed E-state index contributed by atoms with van der Waals surface area (Å²) in [6.45, 7) is 4.34. The van der Waals surface area contributed by atoms with E-state index in [-0.39, 0.29) is 0 Å². The lowest BCUT2D eigenvalue weighted by molar-refractivity contribution is 0.237. The van der Waals surface area contributed by atoms with Crippen LogP contribution in [0.4, 0.5) is 0 Å². The van der Waals surface area contributed by atoms with Gasteiger partial charge in [0.1, 0.15) is 0 Å². The molecular weight excluding hydrogens is 148 g/mol. The van der Waals surface area contributed by atoms with E-state index < -0.39 is 0 Å². The summed E-state index contributed by atoms with van der Waals surface area (Å²) in [7, 11) is 0. The number of likely N-dealkylation sites (tertiary alicyclic amines) is 1. The van der Waals surface area contributed by atoms with E-state index in [1.807, 2.05) is 0 Å².